The first-order valence-electron chi connectivity index (χ1n) is 6.90. The molecular formula is C14H24O6. The highest BCUT2D eigenvalue weighted by atomic mass is 16.6. The molecule has 0 bridgehead atoms. The van der Waals surface area contributed by atoms with Crippen LogP contribution in [0.5, 0.6) is 0 Å². The van der Waals surface area contributed by atoms with Crippen LogP contribution in [0.25, 0.3) is 0 Å². The van der Waals surface area contributed by atoms with Gasteiger partial charge in [0, 0.05) is 6.42 Å². The molecule has 0 aliphatic carbocycles. The Bertz CT molecular complexity index is 326. The molecule has 2 unspecified atom stereocenters. The van der Waals surface area contributed by atoms with Gasteiger partial charge in [0.05, 0.1) is 7.11 Å². The van der Waals surface area contributed by atoms with Crippen LogP contribution in [0.4, 0.5) is 0 Å². The van der Waals surface area contributed by atoms with Gasteiger partial charge in [-0.15, -0.1) is 0 Å². The minimum absolute atomic E-state index is 0.282. The molecule has 0 aliphatic heterocycles. The predicted molar refractivity (Wildman–Crippen MR) is 71.9 cm³/mol. The van der Waals surface area contributed by atoms with Gasteiger partial charge >= 0.3 is 17.9 Å². The first-order valence-corrected chi connectivity index (χ1v) is 6.90. The van der Waals surface area contributed by atoms with Crippen LogP contribution in [-0.2, 0) is 28.6 Å². The molecule has 0 radical (unpaired) electrons. The predicted octanol–water partition coefficient (Wildman–Crippen LogP) is 1.99. The summed E-state index contributed by atoms with van der Waals surface area (Å²) in [6.45, 7) is 4.89. The molecule has 0 saturated heterocycles. The number of hydrogen-bond donors (Lipinski definition) is 0. The van der Waals surface area contributed by atoms with Gasteiger partial charge in [0.1, 0.15) is 0 Å². The third kappa shape index (κ3) is 7.76. The average Bonchev–Trinajstić information content (AvgIpc) is 2.42. The van der Waals surface area contributed by atoms with E-state index < -0.39 is 30.1 Å². The molecule has 0 aromatic rings. The van der Waals surface area contributed by atoms with E-state index in [4.69, 9.17) is 9.47 Å². The maximum atomic E-state index is 11.6. The van der Waals surface area contributed by atoms with Gasteiger partial charge in [-0.25, -0.2) is 9.59 Å². The number of hydrogen-bond acceptors (Lipinski definition) is 6. The molecule has 0 N–H and O–H groups in total. The SMILES string of the molecule is CCCCCCC(=O)OC(C)C(=O)OC(C)C(=O)OC. The second-order valence-corrected chi connectivity index (χ2v) is 4.55. The molecule has 0 saturated carbocycles. The van der Waals surface area contributed by atoms with Gasteiger partial charge in [-0.1, -0.05) is 26.2 Å². The third-order valence-corrected chi connectivity index (χ3v) is 2.70. The lowest BCUT2D eigenvalue weighted by Crippen LogP contribution is -2.32. The Hall–Kier alpha value is -1.59. The Morgan fingerprint density at radius 1 is 0.900 bits per heavy atom. The van der Waals surface area contributed by atoms with Crippen molar-refractivity contribution in [3.63, 3.8) is 0 Å². The van der Waals surface area contributed by atoms with Crippen LogP contribution in [-0.4, -0.2) is 37.2 Å². The molecule has 0 aromatic carbocycles. The Morgan fingerprint density at radius 2 is 1.50 bits per heavy atom. The number of methoxy groups -OCH3 is 1. The fourth-order valence-corrected chi connectivity index (χ4v) is 1.48. The van der Waals surface area contributed by atoms with Crippen LogP contribution in [0.15, 0.2) is 0 Å². The first-order chi connectivity index (χ1) is 9.42. The summed E-state index contributed by atoms with van der Waals surface area (Å²) >= 11 is 0. The molecule has 0 aliphatic rings. The van der Waals surface area contributed by atoms with Crippen molar-refractivity contribution < 1.29 is 28.6 Å². The van der Waals surface area contributed by atoms with E-state index in [1.807, 2.05) is 0 Å². The fraction of sp³-hybridized carbons (Fsp3) is 0.786. The van der Waals surface area contributed by atoms with Gasteiger partial charge in [-0.05, 0) is 20.3 Å². The molecule has 0 heterocycles. The van der Waals surface area contributed by atoms with Crippen LogP contribution < -0.4 is 0 Å². The molecule has 20 heavy (non-hydrogen) atoms. The average molecular weight is 288 g/mol. The minimum Gasteiger partial charge on any atom is -0.466 e. The van der Waals surface area contributed by atoms with Crippen molar-refractivity contribution >= 4 is 17.9 Å². The Labute approximate surface area is 119 Å². The molecular weight excluding hydrogens is 264 g/mol. The summed E-state index contributed by atoms with van der Waals surface area (Å²) in [5, 5.41) is 0. The van der Waals surface area contributed by atoms with Crippen LogP contribution in [0.3, 0.4) is 0 Å². The van der Waals surface area contributed by atoms with Crippen molar-refractivity contribution in [2.45, 2.75) is 65.1 Å². The van der Waals surface area contributed by atoms with Crippen molar-refractivity contribution in [1.82, 2.24) is 0 Å². The van der Waals surface area contributed by atoms with Crippen molar-refractivity contribution in [1.29, 1.82) is 0 Å². The van der Waals surface area contributed by atoms with Crippen molar-refractivity contribution in [3.8, 4) is 0 Å². The zero-order chi connectivity index (χ0) is 15.5. The highest BCUT2D eigenvalue weighted by Gasteiger charge is 2.24. The second-order valence-electron chi connectivity index (χ2n) is 4.55. The normalized spacial score (nSPS) is 13.2. The molecule has 0 spiro atoms. The number of unbranched alkanes of at least 4 members (excludes halogenated alkanes) is 3. The summed E-state index contributed by atoms with van der Waals surface area (Å²) in [6, 6.07) is 0. The van der Waals surface area contributed by atoms with Crippen LogP contribution >= 0.6 is 0 Å². The van der Waals surface area contributed by atoms with Crippen molar-refractivity contribution in [2.75, 3.05) is 7.11 Å². The van der Waals surface area contributed by atoms with Gasteiger partial charge < -0.3 is 14.2 Å². The summed E-state index contributed by atoms with van der Waals surface area (Å²) < 4.78 is 14.2. The maximum Gasteiger partial charge on any atom is 0.347 e. The van der Waals surface area contributed by atoms with E-state index in [1.165, 1.54) is 21.0 Å². The molecule has 0 fully saturated rings. The Kier molecular flexibility index (Phi) is 9.41. The molecule has 116 valence electrons. The summed E-state index contributed by atoms with van der Waals surface area (Å²) in [4.78, 5) is 34.1. The lowest BCUT2D eigenvalue weighted by Gasteiger charge is -2.15. The Balaban J connectivity index is 4.00. The summed E-state index contributed by atoms with van der Waals surface area (Å²) in [5.74, 6) is -1.85. The van der Waals surface area contributed by atoms with Gasteiger partial charge in [0.15, 0.2) is 12.2 Å². The van der Waals surface area contributed by atoms with Crippen LogP contribution in [0, 0.1) is 0 Å². The van der Waals surface area contributed by atoms with E-state index in [0.717, 1.165) is 25.7 Å². The molecule has 6 heteroatoms. The monoisotopic (exact) mass is 288 g/mol. The van der Waals surface area contributed by atoms with Gasteiger partial charge in [0.25, 0.3) is 0 Å². The molecule has 0 aromatic heterocycles. The number of esters is 3. The van der Waals surface area contributed by atoms with Gasteiger partial charge in [-0.2, -0.15) is 0 Å². The molecule has 6 nitrogen and oxygen atoms in total. The zero-order valence-electron chi connectivity index (χ0n) is 12.6. The fourth-order valence-electron chi connectivity index (χ4n) is 1.48. The number of carbonyl (C=O) groups excluding carboxylic acids is 3. The Morgan fingerprint density at radius 3 is 2.05 bits per heavy atom. The van der Waals surface area contributed by atoms with Crippen LogP contribution in [0.1, 0.15) is 52.9 Å². The van der Waals surface area contributed by atoms with E-state index in [-0.39, 0.29) is 6.42 Å². The molecule has 0 rings (SSSR count). The lowest BCUT2D eigenvalue weighted by atomic mass is 10.1. The van der Waals surface area contributed by atoms with Gasteiger partial charge in [0.2, 0.25) is 0 Å². The van der Waals surface area contributed by atoms with E-state index in [9.17, 15) is 14.4 Å². The largest absolute Gasteiger partial charge is 0.466 e. The van der Waals surface area contributed by atoms with Crippen LogP contribution in [0.2, 0.25) is 0 Å². The quantitative estimate of drug-likeness (QED) is 0.367. The summed E-state index contributed by atoms with van der Waals surface area (Å²) in [6.07, 6.45) is 2.10. The number of rotatable bonds is 9. The third-order valence-electron chi connectivity index (χ3n) is 2.70. The topological polar surface area (TPSA) is 78.9 Å². The maximum absolute atomic E-state index is 11.6. The van der Waals surface area contributed by atoms with E-state index in [0.29, 0.717) is 0 Å². The van der Waals surface area contributed by atoms with Crippen molar-refractivity contribution in [2.24, 2.45) is 0 Å². The first kappa shape index (κ1) is 18.4. The second kappa shape index (κ2) is 10.2. The van der Waals surface area contributed by atoms with Crippen molar-refractivity contribution in [3.05, 3.63) is 0 Å². The molecule has 2 atom stereocenters. The van der Waals surface area contributed by atoms with E-state index in [2.05, 4.69) is 11.7 Å². The number of ether oxygens (including phenoxy) is 3. The standard InChI is InChI=1S/C14H24O6/c1-5-6-7-8-9-12(15)19-11(3)14(17)20-10(2)13(16)18-4/h10-11H,5-9H2,1-4H3. The highest BCUT2D eigenvalue weighted by Crippen LogP contribution is 2.06. The van der Waals surface area contributed by atoms with E-state index in [1.54, 1.807) is 0 Å². The smallest absolute Gasteiger partial charge is 0.347 e. The number of carbonyl (C=O) groups is 3. The summed E-state index contributed by atoms with van der Waals surface area (Å²) in [5.41, 5.74) is 0. The highest BCUT2D eigenvalue weighted by molar-refractivity contribution is 5.82. The van der Waals surface area contributed by atoms with Gasteiger partial charge in [-0.3, -0.25) is 4.79 Å². The molecule has 0 amide bonds. The lowest BCUT2D eigenvalue weighted by molar-refractivity contribution is -0.175. The summed E-state index contributed by atoms with van der Waals surface area (Å²) in [7, 11) is 1.20. The minimum atomic E-state index is -1.03. The zero-order valence-corrected chi connectivity index (χ0v) is 12.6. The van der Waals surface area contributed by atoms with E-state index >= 15 is 0 Å².